The standard InChI is InChI=1S/C13H20N2O2/c1-3-15(8-9-16)13(17)12(14)11-6-4-10(2)5-7-11/h4-7,12,16H,3,8-9,14H2,1-2H3. The first-order chi connectivity index (χ1) is 8.10. The summed E-state index contributed by atoms with van der Waals surface area (Å²) in [6.07, 6.45) is 0. The van der Waals surface area contributed by atoms with E-state index in [4.69, 9.17) is 10.8 Å². The zero-order valence-corrected chi connectivity index (χ0v) is 10.4. The molecule has 0 fully saturated rings. The summed E-state index contributed by atoms with van der Waals surface area (Å²) in [7, 11) is 0. The summed E-state index contributed by atoms with van der Waals surface area (Å²) >= 11 is 0. The zero-order valence-electron chi connectivity index (χ0n) is 10.4. The number of aliphatic hydroxyl groups is 1. The highest BCUT2D eigenvalue weighted by atomic mass is 16.3. The van der Waals surface area contributed by atoms with Crippen LogP contribution in [0.2, 0.25) is 0 Å². The number of amides is 1. The SMILES string of the molecule is CCN(CCO)C(=O)C(N)c1ccc(C)cc1. The van der Waals surface area contributed by atoms with Crippen molar-refractivity contribution in [3.8, 4) is 0 Å². The van der Waals surface area contributed by atoms with Crippen LogP contribution in [0.5, 0.6) is 0 Å². The van der Waals surface area contributed by atoms with Crippen molar-refractivity contribution in [2.24, 2.45) is 5.73 Å². The van der Waals surface area contributed by atoms with Gasteiger partial charge in [0.25, 0.3) is 0 Å². The monoisotopic (exact) mass is 236 g/mol. The first-order valence-corrected chi connectivity index (χ1v) is 5.82. The number of likely N-dealkylation sites (N-methyl/N-ethyl adjacent to an activating group) is 1. The molecule has 4 nitrogen and oxygen atoms in total. The fourth-order valence-corrected chi connectivity index (χ4v) is 1.66. The molecule has 0 aliphatic heterocycles. The highest BCUT2D eigenvalue weighted by Gasteiger charge is 2.20. The van der Waals surface area contributed by atoms with Crippen molar-refractivity contribution in [2.75, 3.05) is 19.7 Å². The molecular formula is C13H20N2O2. The van der Waals surface area contributed by atoms with Crippen LogP contribution in [0.4, 0.5) is 0 Å². The van der Waals surface area contributed by atoms with Crippen molar-refractivity contribution in [1.82, 2.24) is 4.90 Å². The van der Waals surface area contributed by atoms with E-state index in [9.17, 15) is 4.79 Å². The van der Waals surface area contributed by atoms with Crippen LogP contribution in [0.1, 0.15) is 24.1 Å². The molecule has 1 unspecified atom stereocenters. The van der Waals surface area contributed by atoms with Crippen molar-refractivity contribution >= 4 is 5.91 Å². The van der Waals surface area contributed by atoms with Gasteiger partial charge < -0.3 is 15.7 Å². The van der Waals surface area contributed by atoms with E-state index < -0.39 is 6.04 Å². The third-order valence-corrected chi connectivity index (χ3v) is 2.77. The molecule has 0 saturated carbocycles. The Morgan fingerprint density at radius 2 is 2.00 bits per heavy atom. The van der Waals surface area contributed by atoms with E-state index in [1.54, 1.807) is 4.90 Å². The van der Waals surface area contributed by atoms with Gasteiger partial charge in [-0.3, -0.25) is 4.79 Å². The van der Waals surface area contributed by atoms with Crippen LogP contribution in [0.25, 0.3) is 0 Å². The predicted molar refractivity (Wildman–Crippen MR) is 67.4 cm³/mol. The van der Waals surface area contributed by atoms with Gasteiger partial charge in [0.15, 0.2) is 0 Å². The van der Waals surface area contributed by atoms with E-state index in [2.05, 4.69) is 0 Å². The minimum absolute atomic E-state index is 0.0415. The maximum atomic E-state index is 12.0. The lowest BCUT2D eigenvalue weighted by Crippen LogP contribution is -2.40. The Morgan fingerprint density at radius 1 is 1.41 bits per heavy atom. The topological polar surface area (TPSA) is 66.6 Å². The molecule has 0 aliphatic rings. The largest absolute Gasteiger partial charge is 0.395 e. The molecule has 0 heterocycles. The Kier molecular flexibility index (Phi) is 5.12. The molecule has 4 heteroatoms. The van der Waals surface area contributed by atoms with Gasteiger partial charge in [0.1, 0.15) is 6.04 Å². The van der Waals surface area contributed by atoms with Gasteiger partial charge in [0.05, 0.1) is 6.61 Å². The summed E-state index contributed by atoms with van der Waals surface area (Å²) in [5.74, 6) is -0.148. The number of aryl methyl sites for hydroxylation is 1. The van der Waals surface area contributed by atoms with Crippen molar-refractivity contribution in [2.45, 2.75) is 19.9 Å². The fourth-order valence-electron chi connectivity index (χ4n) is 1.66. The quantitative estimate of drug-likeness (QED) is 0.796. The molecular weight excluding hydrogens is 216 g/mol. The molecule has 0 aromatic heterocycles. The third kappa shape index (κ3) is 3.54. The minimum atomic E-state index is -0.651. The van der Waals surface area contributed by atoms with Crippen LogP contribution in [0.15, 0.2) is 24.3 Å². The van der Waals surface area contributed by atoms with Gasteiger partial charge in [-0.05, 0) is 19.4 Å². The molecule has 0 radical (unpaired) electrons. The van der Waals surface area contributed by atoms with E-state index in [-0.39, 0.29) is 12.5 Å². The lowest BCUT2D eigenvalue weighted by Gasteiger charge is -2.23. The van der Waals surface area contributed by atoms with Crippen LogP contribution < -0.4 is 5.73 Å². The maximum Gasteiger partial charge on any atom is 0.244 e. The Balaban J connectivity index is 2.77. The van der Waals surface area contributed by atoms with Crippen LogP contribution in [0, 0.1) is 6.92 Å². The van der Waals surface area contributed by atoms with Gasteiger partial charge in [-0.15, -0.1) is 0 Å². The van der Waals surface area contributed by atoms with Gasteiger partial charge >= 0.3 is 0 Å². The summed E-state index contributed by atoms with van der Waals surface area (Å²) in [5.41, 5.74) is 7.86. The molecule has 17 heavy (non-hydrogen) atoms. The average Bonchev–Trinajstić information content (AvgIpc) is 2.35. The molecule has 0 bridgehead atoms. The first-order valence-electron chi connectivity index (χ1n) is 5.82. The van der Waals surface area contributed by atoms with E-state index in [1.807, 2.05) is 38.1 Å². The maximum absolute atomic E-state index is 12.0. The molecule has 94 valence electrons. The minimum Gasteiger partial charge on any atom is -0.395 e. The van der Waals surface area contributed by atoms with Crippen LogP contribution in [-0.4, -0.2) is 35.6 Å². The van der Waals surface area contributed by atoms with Crippen LogP contribution in [0.3, 0.4) is 0 Å². The second-order valence-electron chi connectivity index (χ2n) is 4.03. The Labute approximate surface area is 102 Å². The second-order valence-corrected chi connectivity index (χ2v) is 4.03. The number of rotatable bonds is 5. The molecule has 0 saturated heterocycles. The normalized spacial score (nSPS) is 12.2. The number of aliphatic hydroxyl groups excluding tert-OH is 1. The fraction of sp³-hybridized carbons (Fsp3) is 0.462. The predicted octanol–water partition coefficient (Wildman–Crippen LogP) is 0.836. The number of carbonyl (C=O) groups is 1. The number of hydrogen-bond acceptors (Lipinski definition) is 3. The molecule has 1 amide bonds. The number of hydrogen-bond donors (Lipinski definition) is 2. The average molecular weight is 236 g/mol. The van der Waals surface area contributed by atoms with Gasteiger partial charge in [-0.2, -0.15) is 0 Å². The molecule has 1 aromatic rings. The molecule has 1 atom stereocenters. The Morgan fingerprint density at radius 3 is 2.47 bits per heavy atom. The summed E-state index contributed by atoms with van der Waals surface area (Å²) in [6, 6.07) is 6.95. The molecule has 0 aliphatic carbocycles. The first kappa shape index (κ1) is 13.7. The van der Waals surface area contributed by atoms with E-state index in [0.717, 1.165) is 11.1 Å². The molecule has 1 aromatic carbocycles. The van der Waals surface area contributed by atoms with Gasteiger partial charge in [0.2, 0.25) is 5.91 Å². The molecule has 1 rings (SSSR count). The van der Waals surface area contributed by atoms with Gasteiger partial charge in [0, 0.05) is 13.1 Å². The van der Waals surface area contributed by atoms with E-state index in [0.29, 0.717) is 13.1 Å². The van der Waals surface area contributed by atoms with Crippen molar-refractivity contribution < 1.29 is 9.90 Å². The van der Waals surface area contributed by atoms with Crippen LogP contribution in [-0.2, 0) is 4.79 Å². The van der Waals surface area contributed by atoms with Crippen LogP contribution >= 0.6 is 0 Å². The molecule has 3 N–H and O–H groups in total. The van der Waals surface area contributed by atoms with Crippen molar-refractivity contribution in [3.63, 3.8) is 0 Å². The van der Waals surface area contributed by atoms with E-state index >= 15 is 0 Å². The lowest BCUT2D eigenvalue weighted by molar-refractivity contribution is -0.133. The number of benzene rings is 1. The Hall–Kier alpha value is -1.39. The highest BCUT2D eigenvalue weighted by molar-refractivity contribution is 5.83. The lowest BCUT2D eigenvalue weighted by atomic mass is 10.0. The third-order valence-electron chi connectivity index (χ3n) is 2.77. The van der Waals surface area contributed by atoms with Gasteiger partial charge in [-0.1, -0.05) is 29.8 Å². The van der Waals surface area contributed by atoms with E-state index in [1.165, 1.54) is 0 Å². The summed E-state index contributed by atoms with van der Waals surface area (Å²) in [5, 5.41) is 8.87. The Bertz CT molecular complexity index is 362. The zero-order chi connectivity index (χ0) is 12.8. The van der Waals surface area contributed by atoms with Crippen molar-refractivity contribution in [3.05, 3.63) is 35.4 Å². The summed E-state index contributed by atoms with van der Waals surface area (Å²) < 4.78 is 0. The summed E-state index contributed by atoms with van der Waals surface area (Å²) in [6.45, 7) is 4.70. The van der Waals surface area contributed by atoms with Gasteiger partial charge in [-0.25, -0.2) is 0 Å². The number of nitrogens with zero attached hydrogens (tertiary/aromatic N) is 1. The number of nitrogens with two attached hydrogens (primary N) is 1. The highest BCUT2D eigenvalue weighted by Crippen LogP contribution is 2.14. The molecule has 0 spiro atoms. The van der Waals surface area contributed by atoms with Crippen molar-refractivity contribution in [1.29, 1.82) is 0 Å². The number of carbonyl (C=O) groups excluding carboxylic acids is 1. The smallest absolute Gasteiger partial charge is 0.244 e. The second kappa shape index (κ2) is 6.37. The summed E-state index contributed by atoms with van der Waals surface area (Å²) in [4.78, 5) is 13.6.